The maximum Gasteiger partial charge on any atom is 0.0647 e. The van der Waals surface area contributed by atoms with Gasteiger partial charge in [-0.2, -0.15) is 0 Å². The van der Waals surface area contributed by atoms with Crippen LogP contribution < -0.4 is 0 Å². The van der Waals surface area contributed by atoms with Gasteiger partial charge in [-0.3, -0.25) is 0 Å². The van der Waals surface area contributed by atoms with Crippen LogP contribution in [0.1, 0.15) is 18.9 Å². The molecule has 1 heteroatoms. The van der Waals surface area contributed by atoms with Gasteiger partial charge in [0.15, 0.2) is 0 Å². The first-order valence-corrected chi connectivity index (χ1v) is 5.16. The van der Waals surface area contributed by atoms with Crippen molar-refractivity contribution >= 4 is 0 Å². The van der Waals surface area contributed by atoms with E-state index in [2.05, 4.69) is 24.3 Å². The summed E-state index contributed by atoms with van der Waals surface area (Å²) in [7, 11) is 0. The van der Waals surface area contributed by atoms with Crippen LogP contribution in [0.4, 0.5) is 0 Å². The maximum atomic E-state index is 5.41. The lowest BCUT2D eigenvalue weighted by Gasteiger charge is -2.01. The molecule has 76 valence electrons. The number of benzene rings is 1. The van der Waals surface area contributed by atoms with E-state index in [0.29, 0.717) is 0 Å². The maximum absolute atomic E-state index is 5.41. The number of allylic oxidation sites excluding steroid dienone is 1. The fourth-order valence-electron chi connectivity index (χ4n) is 1.27. The second-order valence-corrected chi connectivity index (χ2v) is 3.23. The number of rotatable bonds is 6. The molecule has 14 heavy (non-hydrogen) atoms. The zero-order valence-electron chi connectivity index (χ0n) is 8.78. The molecule has 0 bridgehead atoms. The van der Waals surface area contributed by atoms with Gasteiger partial charge in [-0.05, 0) is 25.3 Å². The van der Waals surface area contributed by atoms with Crippen molar-refractivity contribution in [2.75, 3.05) is 13.2 Å². The van der Waals surface area contributed by atoms with Crippen molar-refractivity contribution in [3.05, 3.63) is 48.0 Å². The molecule has 0 atom stereocenters. The third-order valence-electron chi connectivity index (χ3n) is 2.05. The Labute approximate surface area is 86.4 Å². The molecule has 0 fully saturated rings. The zero-order valence-corrected chi connectivity index (χ0v) is 8.78. The molecule has 0 saturated heterocycles. The van der Waals surface area contributed by atoms with Crippen LogP contribution in [0.5, 0.6) is 0 Å². The Morgan fingerprint density at radius 3 is 2.71 bits per heavy atom. The van der Waals surface area contributed by atoms with Gasteiger partial charge in [0.25, 0.3) is 0 Å². The van der Waals surface area contributed by atoms with Crippen LogP contribution in [-0.2, 0) is 11.2 Å². The van der Waals surface area contributed by atoms with Crippen LogP contribution in [-0.4, -0.2) is 13.2 Å². The van der Waals surface area contributed by atoms with Gasteiger partial charge in [-0.1, -0.05) is 42.5 Å². The summed E-state index contributed by atoms with van der Waals surface area (Å²) in [6, 6.07) is 10.5. The van der Waals surface area contributed by atoms with Crippen LogP contribution in [0.2, 0.25) is 0 Å². The van der Waals surface area contributed by atoms with Gasteiger partial charge in [-0.15, -0.1) is 0 Å². The van der Waals surface area contributed by atoms with Crippen molar-refractivity contribution in [3.8, 4) is 0 Å². The molecule has 1 rings (SSSR count). The van der Waals surface area contributed by atoms with E-state index >= 15 is 0 Å². The number of hydrogen-bond donors (Lipinski definition) is 0. The summed E-state index contributed by atoms with van der Waals surface area (Å²) >= 11 is 0. The van der Waals surface area contributed by atoms with E-state index in [4.69, 9.17) is 4.74 Å². The largest absolute Gasteiger partial charge is 0.377 e. The molecule has 0 amide bonds. The fraction of sp³-hybridized carbons (Fsp3) is 0.385. The highest BCUT2D eigenvalue weighted by atomic mass is 16.5. The van der Waals surface area contributed by atoms with Gasteiger partial charge < -0.3 is 4.74 Å². The molecular formula is C13H18O. The lowest BCUT2D eigenvalue weighted by Crippen LogP contribution is -1.96. The Morgan fingerprint density at radius 1 is 1.21 bits per heavy atom. The molecule has 0 radical (unpaired) electrons. The molecule has 0 N–H and O–H groups in total. The molecule has 0 aliphatic carbocycles. The average Bonchev–Trinajstić information content (AvgIpc) is 2.25. The van der Waals surface area contributed by atoms with Crippen molar-refractivity contribution in [3.63, 3.8) is 0 Å². The molecule has 0 aliphatic rings. The summed E-state index contributed by atoms with van der Waals surface area (Å²) in [5, 5.41) is 0. The van der Waals surface area contributed by atoms with E-state index in [9.17, 15) is 0 Å². The number of hydrogen-bond acceptors (Lipinski definition) is 1. The first-order chi connectivity index (χ1) is 6.93. The molecular weight excluding hydrogens is 172 g/mol. The van der Waals surface area contributed by atoms with Gasteiger partial charge in [0.1, 0.15) is 0 Å². The monoisotopic (exact) mass is 190 g/mol. The van der Waals surface area contributed by atoms with Crippen LogP contribution in [0.25, 0.3) is 0 Å². The van der Waals surface area contributed by atoms with Crippen LogP contribution >= 0.6 is 0 Å². The number of aryl methyl sites for hydroxylation is 1. The summed E-state index contributed by atoms with van der Waals surface area (Å²) in [5.74, 6) is 0. The topological polar surface area (TPSA) is 9.23 Å². The normalized spacial score (nSPS) is 10.9. The van der Waals surface area contributed by atoms with Crippen LogP contribution in [0.3, 0.4) is 0 Å². The molecule has 1 aromatic carbocycles. The second kappa shape index (κ2) is 7.34. The minimum Gasteiger partial charge on any atom is -0.377 e. The summed E-state index contributed by atoms with van der Waals surface area (Å²) in [5.41, 5.74) is 1.39. The summed E-state index contributed by atoms with van der Waals surface area (Å²) in [6.07, 6.45) is 6.25. The fourth-order valence-corrected chi connectivity index (χ4v) is 1.27. The quantitative estimate of drug-likeness (QED) is 0.494. The average molecular weight is 190 g/mol. The van der Waals surface area contributed by atoms with Crippen molar-refractivity contribution in [1.82, 2.24) is 0 Å². The van der Waals surface area contributed by atoms with Crippen molar-refractivity contribution in [2.24, 2.45) is 0 Å². The highest BCUT2D eigenvalue weighted by Crippen LogP contribution is 2.02. The van der Waals surface area contributed by atoms with Crippen LogP contribution in [0.15, 0.2) is 42.5 Å². The third-order valence-corrected chi connectivity index (χ3v) is 2.05. The highest BCUT2D eigenvalue weighted by molar-refractivity contribution is 5.14. The lowest BCUT2D eigenvalue weighted by molar-refractivity contribution is 0.159. The SMILES string of the molecule is CC=CCOCCCc1ccccc1. The van der Waals surface area contributed by atoms with Gasteiger partial charge >= 0.3 is 0 Å². The Bertz CT molecular complexity index is 251. The van der Waals surface area contributed by atoms with E-state index in [1.54, 1.807) is 0 Å². The van der Waals surface area contributed by atoms with Crippen molar-refractivity contribution in [2.45, 2.75) is 19.8 Å². The van der Waals surface area contributed by atoms with Gasteiger partial charge in [0.05, 0.1) is 6.61 Å². The molecule has 1 nitrogen and oxygen atoms in total. The Morgan fingerprint density at radius 2 is 2.00 bits per heavy atom. The van der Waals surface area contributed by atoms with Crippen LogP contribution in [0, 0.1) is 0 Å². The van der Waals surface area contributed by atoms with Crippen molar-refractivity contribution < 1.29 is 4.74 Å². The smallest absolute Gasteiger partial charge is 0.0647 e. The summed E-state index contributed by atoms with van der Waals surface area (Å²) in [6.45, 7) is 3.60. The van der Waals surface area contributed by atoms with E-state index in [1.807, 2.05) is 25.1 Å². The standard InChI is InChI=1S/C13H18O/c1-2-3-11-14-12-7-10-13-8-5-4-6-9-13/h2-6,8-9H,7,10-12H2,1H3. The van der Waals surface area contributed by atoms with Gasteiger partial charge in [-0.25, -0.2) is 0 Å². The second-order valence-electron chi connectivity index (χ2n) is 3.23. The first-order valence-electron chi connectivity index (χ1n) is 5.16. The lowest BCUT2D eigenvalue weighted by atomic mass is 10.1. The third kappa shape index (κ3) is 4.83. The van der Waals surface area contributed by atoms with E-state index < -0.39 is 0 Å². The number of ether oxygens (including phenoxy) is 1. The Hall–Kier alpha value is -1.08. The highest BCUT2D eigenvalue weighted by Gasteiger charge is 1.91. The molecule has 0 aliphatic heterocycles. The Balaban J connectivity index is 2.05. The van der Waals surface area contributed by atoms with Gasteiger partial charge in [0, 0.05) is 6.61 Å². The molecule has 0 spiro atoms. The van der Waals surface area contributed by atoms with E-state index in [-0.39, 0.29) is 0 Å². The zero-order chi connectivity index (χ0) is 10.1. The summed E-state index contributed by atoms with van der Waals surface area (Å²) in [4.78, 5) is 0. The first kappa shape index (κ1) is 11.0. The predicted octanol–water partition coefficient (Wildman–Crippen LogP) is 3.21. The molecule has 0 aromatic heterocycles. The van der Waals surface area contributed by atoms with E-state index in [1.165, 1.54) is 5.56 Å². The Kier molecular flexibility index (Phi) is 5.76. The molecule has 0 heterocycles. The molecule has 1 aromatic rings. The summed E-state index contributed by atoms with van der Waals surface area (Å²) < 4.78 is 5.41. The minimum atomic E-state index is 0.741. The molecule has 0 unspecified atom stereocenters. The van der Waals surface area contributed by atoms with E-state index in [0.717, 1.165) is 26.1 Å². The van der Waals surface area contributed by atoms with Gasteiger partial charge in [0.2, 0.25) is 0 Å². The molecule has 0 saturated carbocycles. The van der Waals surface area contributed by atoms with Crippen molar-refractivity contribution in [1.29, 1.82) is 0 Å². The predicted molar refractivity (Wildman–Crippen MR) is 60.4 cm³/mol. The minimum absolute atomic E-state index is 0.741.